The van der Waals surface area contributed by atoms with E-state index in [1.54, 1.807) is 0 Å². The topological polar surface area (TPSA) is 51.0 Å². The van der Waals surface area contributed by atoms with Crippen molar-refractivity contribution in [3.05, 3.63) is 65.2 Å². The quantitative estimate of drug-likeness (QED) is 0.439. The van der Waals surface area contributed by atoms with Gasteiger partial charge in [0.2, 0.25) is 5.91 Å². The van der Waals surface area contributed by atoms with Gasteiger partial charge in [-0.05, 0) is 57.5 Å². The van der Waals surface area contributed by atoms with Gasteiger partial charge in [0.05, 0.1) is 12.3 Å². The highest BCUT2D eigenvalue weighted by molar-refractivity contribution is 7.99. The number of benzene rings is 2. The zero-order chi connectivity index (χ0) is 21.7. The lowest BCUT2D eigenvalue weighted by molar-refractivity contribution is -0.131. The van der Waals surface area contributed by atoms with Crippen molar-refractivity contribution in [1.82, 2.24) is 19.7 Å². The number of hydrogen-bond acceptors (Lipinski definition) is 4. The highest BCUT2D eigenvalue weighted by atomic mass is 35.5. The largest absolute Gasteiger partial charge is 0.337 e. The van der Waals surface area contributed by atoms with Crippen LogP contribution in [0.15, 0.2) is 59.8 Å². The van der Waals surface area contributed by atoms with Crippen molar-refractivity contribution in [2.24, 2.45) is 0 Å². The van der Waals surface area contributed by atoms with Crippen molar-refractivity contribution < 1.29 is 4.79 Å². The second kappa shape index (κ2) is 10.1. The molecule has 0 saturated carbocycles. The van der Waals surface area contributed by atoms with Crippen LogP contribution >= 0.6 is 23.4 Å². The Labute approximate surface area is 187 Å². The average Bonchev–Trinajstić information content (AvgIpc) is 3.09. The summed E-state index contributed by atoms with van der Waals surface area (Å²) in [7, 11) is 0. The molecule has 1 heterocycles. The fourth-order valence-corrected chi connectivity index (χ4v) is 4.42. The van der Waals surface area contributed by atoms with Crippen LogP contribution < -0.4 is 0 Å². The van der Waals surface area contributed by atoms with Crippen LogP contribution in [0.3, 0.4) is 0 Å². The summed E-state index contributed by atoms with van der Waals surface area (Å²) < 4.78 is 2.06. The molecule has 0 atom stereocenters. The van der Waals surface area contributed by atoms with Crippen LogP contribution in [0.25, 0.3) is 11.4 Å². The van der Waals surface area contributed by atoms with Gasteiger partial charge >= 0.3 is 0 Å². The molecule has 0 fully saturated rings. The van der Waals surface area contributed by atoms with Gasteiger partial charge in [-0.2, -0.15) is 0 Å². The number of rotatable bonds is 8. The van der Waals surface area contributed by atoms with Crippen LogP contribution in [0.1, 0.15) is 33.3 Å². The third-order valence-corrected chi connectivity index (χ3v) is 5.93. The van der Waals surface area contributed by atoms with E-state index in [4.69, 9.17) is 11.6 Å². The Kier molecular flexibility index (Phi) is 7.56. The first-order valence-corrected chi connectivity index (χ1v) is 11.4. The fourth-order valence-electron chi connectivity index (χ4n) is 3.49. The summed E-state index contributed by atoms with van der Waals surface area (Å²) >= 11 is 7.48. The Bertz CT molecular complexity index is 963. The zero-order valence-electron chi connectivity index (χ0n) is 17.7. The third kappa shape index (κ3) is 5.43. The summed E-state index contributed by atoms with van der Waals surface area (Å²) in [5.41, 5.74) is 2.08. The SMILES string of the molecule is CC(C)N(C(=O)CSc1nnc(-c2ccc(Cl)cc2)n1Cc1ccccc1)C(C)C. The van der Waals surface area contributed by atoms with Crippen molar-refractivity contribution >= 4 is 29.3 Å². The first-order chi connectivity index (χ1) is 14.4. The maximum absolute atomic E-state index is 12.8. The molecule has 30 heavy (non-hydrogen) atoms. The Balaban J connectivity index is 1.88. The average molecular weight is 443 g/mol. The Morgan fingerprint density at radius 1 is 1.00 bits per heavy atom. The van der Waals surface area contributed by atoms with E-state index in [1.165, 1.54) is 11.8 Å². The molecule has 1 amide bonds. The predicted octanol–water partition coefficient (Wildman–Crippen LogP) is 5.38. The van der Waals surface area contributed by atoms with E-state index in [0.717, 1.165) is 22.1 Å². The molecule has 3 aromatic rings. The molecule has 0 unspecified atom stereocenters. The van der Waals surface area contributed by atoms with Gasteiger partial charge in [-0.25, -0.2) is 0 Å². The molecule has 0 aliphatic heterocycles. The lowest BCUT2D eigenvalue weighted by atomic mass is 10.2. The lowest BCUT2D eigenvalue weighted by Gasteiger charge is -2.30. The van der Waals surface area contributed by atoms with Gasteiger partial charge in [0, 0.05) is 22.7 Å². The molecule has 1 aromatic heterocycles. The first-order valence-electron chi connectivity index (χ1n) is 10.0. The molecular formula is C23H27ClN4OS. The van der Waals surface area contributed by atoms with E-state index in [1.807, 2.05) is 75.1 Å². The first kappa shape index (κ1) is 22.4. The smallest absolute Gasteiger partial charge is 0.233 e. The van der Waals surface area contributed by atoms with Crippen molar-refractivity contribution in [3.63, 3.8) is 0 Å². The van der Waals surface area contributed by atoms with Crippen LogP contribution in [-0.4, -0.2) is 43.4 Å². The van der Waals surface area contributed by atoms with E-state index in [2.05, 4.69) is 26.9 Å². The summed E-state index contributed by atoms with van der Waals surface area (Å²) in [5.74, 6) is 1.19. The summed E-state index contributed by atoms with van der Waals surface area (Å²) in [4.78, 5) is 14.7. The number of thioether (sulfide) groups is 1. The van der Waals surface area contributed by atoms with Crippen LogP contribution in [0.2, 0.25) is 5.02 Å². The number of carbonyl (C=O) groups is 1. The molecular weight excluding hydrogens is 416 g/mol. The predicted molar refractivity (Wildman–Crippen MR) is 124 cm³/mol. The van der Waals surface area contributed by atoms with Crippen molar-refractivity contribution in [2.75, 3.05) is 5.75 Å². The number of hydrogen-bond donors (Lipinski definition) is 0. The summed E-state index contributed by atoms with van der Waals surface area (Å²) in [6, 6.07) is 18.1. The Hall–Kier alpha value is -2.31. The van der Waals surface area contributed by atoms with Crippen molar-refractivity contribution in [1.29, 1.82) is 0 Å². The molecule has 0 N–H and O–H groups in total. The second-order valence-corrected chi connectivity index (χ2v) is 9.04. The molecule has 0 saturated heterocycles. The van der Waals surface area contributed by atoms with Gasteiger partial charge in [-0.15, -0.1) is 10.2 Å². The Morgan fingerprint density at radius 3 is 2.23 bits per heavy atom. The highest BCUT2D eigenvalue weighted by Gasteiger charge is 2.22. The molecule has 0 aliphatic carbocycles. The van der Waals surface area contributed by atoms with E-state index in [9.17, 15) is 4.79 Å². The van der Waals surface area contributed by atoms with Crippen molar-refractivity contribution in [3.8, 4) is 11.4 Å². The monoisotopic (exact) mass is 442 g/mol. The number of carbonyl (C=O) groups excluding carboxylic acids is 1. The molecule has 2 aromatic carbocycles. The molecule has 0 aliphatic rings. The maximum atomic E-state index is 12.8. The molecule has 0 radical (unpaired) electrons. The van der Waals surface area contributed by atoms with E-state index < -0.39 is 0 Å². The van der Waals surface area contributed by atoms with Crippen LogP contribution in [0.5, 0.6) is 0 Å². The van der Waals surface area contributed by atoms with E-state index in [0.29, 0.717) is 17.3 Å². The molecule has 3 rings (SSSR count). The summed E-state index contributed by atoms with van der Waals surface area (Å²) in [6.07, 6.45) is 0. The summed E-state index contributed by atoms with van der Waals surface area (Å²) in [5, 5.41) is 10.2. The third-order valence-electron chi connectivity index (χ3n) is 4.73. The molecule has 158 valence electrons. The van der Waals surface area contributed by atoms with Crippen LogP contribution in [0, 0.1) is 0 Å². The maximum Gasteiger partial charge on any atom is 0.233 e. The number of nitrogens with zero attached hydrogens (tertiary/aromatic N) is 4. The molecule has 0 bridgehead atoms. The highest BCUT2D eigenvalue weighted by Crippen LogP contribution is 2.27. The second-order valence-electron chi connectivity index (χ2n) is 7.66. The molecule has 0 spiro atoms. The fraction of sp³-hybridized carbons (Fsp3) is 0.348. The van der Waals surface area contributed by atoms with Gasteiger partial charge < -0.3 is 4.90 Å². The minimum absolute atomic E-state index is 0.104. The van der Waals surface area contributed by atoms with Crippen LogP contribution in [-0.2, 0) is 11.3 Å². The standard InChI is InChI=1S/C23H27ClN4OS/c1-16(2)28(17(3)4)21(29)15-30-23-26-25-22(19-10-12-20(24)13-11-19)27(23)14-18-8-6-5-7-9-18/h5-13,16-17H,14-15H2,1-4H3. The van der Waals surface area contributed by atoms with Gasteiger partial charge in [-0.1, -0.05) is 53.7 Å². The number of aromatic nitrogens is 3. The Morgan fingerprint density at radius 2 is 1.63 bits per heavy atom. The van der Waals surface area contributed by atoms with E-state index >= 15 is 0 Å². The van der Waals surface area contributed by atoms with E-state index in [-0.39, 0.29) is 18.0 Å². The van der Waals surface area contributed by atoms with Crippen molar-refractivity contribution in [2.45, 2.75) is 51.5 Å². The minimum Gasteiger partial charge on any atom is -0.337 e. The molecule has 7 heteroatoms. The van der Waals surface area contributed by atoms with Gasteiger partial charge in [0.1, 0.15) is 0 Å². The number of amides is 1. The van der Waals surface area contributed by atoms with Gasteiger partial charge in [0.15, 0.2) is 11.0 Å². The zero-order valence-corrected chi connectivity index (χ0v) is 19.3. The van der Waals surface area contributed by atoms with Gasteiger partial charge in [0.25, 0.3) is 0 Å². The summed E-state index contributed by atoms with van der Waals surface area (Å²) in [6.45, 7) is 8.79. The normalized spacial score (nSPS) is 11.3. The lowest BCUT2D eigenvalue weighted by Crippen LogP contribution is -2.43. The number of halogens is 1. The molecule has 5 nitrogen and oxygen atoms in total. The minimum atomic E-state index is 0.104. The van der Waals surface area contributed by atoms with Crippen LogP contribution in [0.4, 0.5) is 0 Å². The van der Waals surface area contributed by atoms with Gasteiger partial charge in [-0.3, -0.25) is 9.36 Å².